The van der Waals surface area contributed by atoms with Gasteiger partial charge in [-0.05, 0) is 19.9 Å². The summed E-state index contributed by atoms with van der Waals surface area (Å²) >= 11 is 0. The van der Waals surface area contributed by atoms with Crippen LogP contribution in [-0.2, 0) is 0 Å². The van der Waals surface area contributed by atoms with E-state index in [-0.39, 0.29) is 6.04 Å². The van der Waals surface area contributed by atoms with Crippen molar-refractivity contribution < 1.29 is 4.74 Å². The molecule has 0 unspecified atom stereocenters. The second-order valence-electron chi connectivity index (χ2n) is 3.80. The summed E-state index contributed by atoms with van der Waals surface area (Å²) in [7, 11) is 1.70. The molecule has 2 heteroatoms. The van der Waals surface area contributed by atoms with Crippen LogP contribution in [0.5, 0.6) is 5.75 Å². The van der Waals surface area contributed by atoms with E-state index in [9.17, 15) is 0 Å². The Morgan fingerprint density at radius 1 is 1.47 bits per heavy atom. The van der Waals surface area contributed by atoms with Crippen molar-refractivity contribution in [3.63, 3.8) is 0 Å². The summed E-state index contributed by atoms with van der Waals surface area (Å²) in [6.07, 6.45) is 0. The fourth-order valence-electron chi connectivity index (χ4n) is 1.46. The van der Waals surface area contributed by atoms with Gasteiger partial charge in [0.2, 0.25) is 0 Å². The lowest BCUT2D eigenvalue weighted by Crippen LogP contribution is -2.20. The Morgan fingerprint density at radius 3 is 2.73 bits per heavy atom. The molecule has 0 saturated carbocycles. The van der Waals surface area contributed by atoms with Crippen molar-refractivity contribution >= 4 is 0 Å². The lowest BCUT2D eigenvalue weighted by atomic mass is 10.1. The minimum Gasteiger partial charge on any atom is -0.496 e. The number of ether oxygens (including phenoxy) is 1. The maximum absolute atomic E-state index is 5.31. The average molecular weight is 205 g/mol. The van der Waals surface area contributed by atoms with Gasteiger partial charge >= 0.3 is 0 Å². The van der Waals surface area contributed by atoms with E-state index in [4.69, 9.17) is 4.74 Å². The third-order valence-electron chi connectivity index (χ3n) is 2.32. The number of methoxy groups -OCH3 is 1. The molecule has 0 aromatic heterocycles. The molecule has 2 nitrogen and oxygen atoms in total. The van der Waals surface area contributed by atoms with Crippen LogP contribution in [0.25, 0.3) is 0 Å². The predicted molar refractivity (Wildman–Crippen MR) is 64.2 cm³/mol. The van der Waals surface area contributed by atoms with Crippen LogP contribution in [0.15, 0.2) is 36.4 Å². The Kier molecular flexibility index (Phi) is 4.37. The van der Waals surface area contributed by atoms with Gasteiger partial charge in [-0.3, -0.25) is 0 Å². The molecular weight excluding hydrogens is 186 g/mol. The Balaban J connectivity index is 2.72. The fraction of sp³-hybridized carbons (Fsp3) is 0.385. The maximum Gasteiger partial charge on any atom is 0.123 e. The van der Waals surface area contributed by atoms with Crippen molar-refractivity contribution in [2.75, 3.05) is 13.7 Å². The molecule has 0 aliphatic heterocycles. The summed E-state index contributed by atoms with van der Waals surface area (Å²) < 4.78 is 5.31. The number of hydrogen-bond acceptors (Lipinski definition) is 2. The van der Waals surface area contributed by atoms with E-state index in [0.717, 1.165) is 17.9 Å². The molecule has 0 aliphatic rings. The van der Waals surface area contributed by atoms with E-state index in [1.807, 2.05) is 25.1 Å². The molecule has 1 aromatic rings. The van der Waals surface area contributed by atoms with Crippen LogP contribution in [0.1, 0.15) is 25.5 Å². The molecule has 1 N–H and O–H groups in total. The smallest absolute Gasteiger partial charge is 0.123 e. The van der Waals surface area contributed by atoms with E-state index in [1.54, 1.807) is 7.11 Å². The van der Waals surface area contributed by atoms with Gasteiger partial charge in [0.25, 0.3) is 0 Å². The first-order valence-electron chi connectivity index (χ1n) is 5.16. The molecule has 0 heterocycles. The normalized spacial score (nSPS) is 12.2. The van der Waals surface area contributed by atoms with Gasteiger partial charge in [-0.15, -0.1) is 0 Å². The van der Waals surface area contributed by atoms with Crippen molar-refractivity contribution in [2.24, 2.45) is 0 Å². The van der Waals surface area contributed by atoms with Crippen LogP contribution >= 0.6 is 0 Å². The lowest BCUT2D eigenvalue weighted by molar-refractivity contribution is 0.402. The zero-order valence-electron chi connectivity index (χ0n) is 9.71. The molecule has 82 valence electrons. The van der Waals surface area contributed by atoms with E-state index in [2.05, 4.69) is 24.9 Å². The second-order valence-corrected chi connectivity index (χ2v) is 3.80. The second kappa shape index (κ2) is 5.56. The molecule has 0 fully saturated rings. The highest BCUT2D eigenvalue weighted by atomic mass is 16.5. The summed E-state index contributed by atoms with van der Waals surface area (Å²) in [5.41, 5.74) is 2.32. The fourth-order valence-corrected chi connectivity index (χ4v) is 1.46. The van der Waals surface area contributed by atoms with Gasteiger partial charge in [0.1, 0.15) is 5.75 Å². The molecule has 0 spiro atoms. The molecule has 0 amide bonds. The minimum absolute atomic E-state index is 0.276. The maximum atomic E-state index is 5.31. The van der Waals surface area contributed by atoms with Crippen molar-refractivity contribution in [2.45, 2.75) is 19.9 Å². The standard InChI is InChI=1S/C13H19NO/c1-10(2)9-14-11(3)12-7-5-6-8-13(12)15-4/h5-8,11,14H,1,9H2,2-4H3/t11-/m0/s1. The highest BCUT2D eigenvalue weighted by Gasteiger charge is 2.09. The van der Waals surface area contributed by atoms with E-state index in [1.165, 1.54) is 5.56 Å². The summed E-state index contributed by atoms with van der Waals surface area (Å²) in [5.74, 6) is 0.930. The third-order valence-corrected chi connectivity index (χ3v) is 2.32. The van der Waals surface area contributed by atoms with Gasteiger partial charge in [0, 0.05) is 18.2 Å². The molecule has 1 aromatic carbocycles. The highest BCUT2D eigenvalue weighted by Crippen LogP contribution is 2.24. The first-order chi connectivity index (χ1) is 7.15. The van der Waals surface area contributed by atoms with E-state index < -0.39 is 0 Å². The lowest BCUT2D eigenvalue weighted by Gasteiger charge is -2.17. The van der Waals surface area contributed by atoms with Gasteiger partial charge < -0.3 is 10.1 Å². The van der Waals surface area contributed by atoms with Crippen LogP contribution in [-0.4, -0.2) is 13.7 Å². The molecule has 0 saturated heterocycles. The topological polar surface area (TPSA) is 21.3 Å². The first-order valence-corrected chi connectivity index (χ1v) is 5.16. The summed E-state index contributed by atoms with van der Waals surface area (Å²) in [6, 6.07) is 8.34. The molecule has 15 heavy (non-hydrogen) atoms. The number of hydrogen-bond donors (Lipinski definition) is 1. The monoisotopic (exact) mass is 205 g/mol. The molecule has 0 aliphatic carbocycles. The van der Waals surface area contributed by atoms with Crippen molar-refractivity contribution in [3.05, 3.63) is 42.0 Å². The Hall–Kier alpha value is -1.28. The third kappa shape index (κ3) is 3.40. The summed E-state index contributed by atoms with van der Waals surface area (Å²) in [5, 5.41) is 3.39. The number of nitrogens with one attached hydrogen (secondary N) is 1. The molecule has 0 radical (unpaired) electrons. The van der Waals surface area contributed by atoms with Crippen molar-refractivity contribution in [3.8, 4) is 5.75 Å². The molecule has 1 rings (SSSR count). The zero-order valence-corrected chi connectivity index (χ0v) is 9.71. The van der Waals surface area contributed by atoms with E-state index >= 15 is 0 Å². The SMILES string of the molecule is C=C(C)CN[C@@H](C)c1ccccc1OC. The average Bonchev–Trinajstić information content (AvgIpc) is 2.25. The Labute approximate surface area is 92.0 Å². The number of benzene rings is 1. The van der Waals surface area contributed by atoms with Gasteiger partial charge in [-0.1, -0.05) is 30.4 Å². The van der Waals surface area contributed by atoms with Gasteiger partial charge in [0.15, 0.2) is 0 Å². The van der Waals surface area contributed by atoms with Gasteiger partial charge in [-0.25, -0.2) is 0 Å². The minimum atomic E-state index is 0.276. The summed E-state index contributed by atoms with van der Waals surface area (Å²) in [6.45, 7) is 8.84. The van der Waals surface area contributed by atoms with Crippen molar-refractivity contribution in [1.82, 2.24) is 5.32 Å². The highest BCUT2D eigenvalue weighted by molar-refractivity contribution is 5.35. The molecule has 1 atom stereocenters. The Bertz CT molecular complexity index is 333. The summed E-state index contributed by atoms with van der Waals surface area (Å²) in [4.78, 5) is 0. The van der Waals surface area contributed by atoms with Crippen LogP contribution in [0, 0.1) is 0 Å². The Morgan fingerprint density at radius 2 is 2.13 bits per heavy atom. The van der Waals surface area contributed by atoms with Crippen molar-refractivity contribution in [1.29, 1.82) is 0 Å². The predicted octanol–water partition coefficient (Wildman–Crippen LogP) is 2.92. The van der Waals surface area contributed by atoms with Crippen LogP contribution in [0.2, 0.25) is 0 Å². The number of para-hydroxylation sites is 1. The van der Waals surface area contributed by atoms with Crippen LogP contribution < -0.4 is 10.1 Å². The van der Waals surface area contributed by atoms with Gasteiger partial charge in [0.05, 0.1) is 7.11 Å². The molecular formula is C13H19NO. The van der Waals surface area contributed by atoms with E-state index in [0.29, 0.717) is 0 Å². The number of rotatable bonds is 5. The zero-order chi connectivity index (χ0) is 11.3. The van der Waals surface area contributed by atoms with Crippen LogP contribution in [0.3, 0.4) is 0 Å². The van der Waals surface area contributed by atoms with Gasteiger partial charge in [-0.2, -0.15) is 0 Å². The first kappa shape index (κ1) is 11.8. The molecule has 0 bridgehead atoms. The van der Waals surface area contributed by atoms with Crippen LogP contribution in [0.4, 0.5) is 0 Å². The quantitative estimate of drug-likeness (QED) is 0.746. The largest absolute Gasteiger partial charge is 0.496 e.